The molecule has 5 nitrogen and oxygen atoms in total. The molecule has 1 aromatic rings. The van der Waals surface area contributed by atoms with Crippen molar-refractivity contribution < 1.29 is 4.74 Å². The molecule has 1 N–H and O–H groups in total. The lowest BCUT2D eigenvalue weighted by molar-refractivity contribution is 0.0891. The maximum Gasteiger partial charge on any atom is 0.224 e. The van der Waals surface area contributed by atoms with Gasteiger partial charge in [-0.3, -0.25) is 0 Å². The number of hydrogen-bond donors (Lipinski definition) is 1. The second-order valence-electron chi connectivity index (χ2n) is 5.06. The van der Waals surface area contributed by atoms with Gasteiger partial charge in [-0.05, 0) is 26.2 Å². The number of piperidine rings is 1. The summed E-state index contributed by atoms with van der Waals surface area (Å²) in [6.45, 7) is 7.02. The molecule has 1 aliphatic rings. The van der Waals surface area contributed by atoms with Crippen LogP contribution in [0.25, 0.3) is 0 Å². The molecule has 106 valence electrons. The zero-order chi connectivity index (χ0) is 13.7. The number of aromatic nitrogens is 2. The van der Waals surface area contributed by atoms with E-state index < -0.39 is 0 Å². The van der Waals surface area contributed by atoms with Gasteiger partial charge in [-0.15, -0.1) is 0 Å². The molecule has 0 radical (unpaired) electrons. The van der Waals surface area contributed by atoms with E-state index in [-0.39, 0.29) is 0 Å². The zero-order valence-corrected chi connectivity index (χ0v) is 12.1. The van der Waals surface area contributed by atoms with Crippen molar-refractivity contribution in [3.05, 3.63) is 11.8 Å². The highest BCUT2D eigenvalue weighted by Gasteiger charge is 2.21. The topological polar surface area (TPSA) is 50.3 Å². The molecule has 0 spiro atoms. The first-order chi connectivity index (χ1) is 9.22. The van der Waals surface area contributed by atoms with Crippen molar-refractivity contribution in [3.8, 4) is 0 Å². The van der Waals surface area contributed by atoms with Crippen molar-refractivity contribution in [3.63, 3.8) is 0 Å². The van der Waals surface area contributed by atoms with Crippen LogP contribution in [0.15, 0.2) is 6.07 Å². The van der Waals surface area contributed by atoms with Gasteiger partial charge in [-0.2, -0.15) is 4.98 Å². The van der Waals surface area contributed by atoms with Crippen molar-refractivity contribution in [2.45, 2.75) is 39.2 Å². The van der Waals surface area contributed by atoms with E-state index in [4.69, 9.17) is 4.74 Å². The van der Waals surface area contributed by atoms with Crippen LogP contribution in [-0.2, 0) is 4.74 Å². The maximum atomic E-state index is 5.47. The highest BCUT2D eigenvalue weighted by Crippen LogP contribution is 2.21. The van der Waals surface area contributed by atoms with Gasteiger partial charge in [0.1, 0.15) is 5.82 Å². The molecule has 19 heavy (non-hydrogen) atoms. The van der Waals surface area contributed by atoms with Gasteiger partial charge in [-0.25, -0.2) is 4.98 Å². The first kappa shape index (κ1) is 14.1. The molecular formula is C14H24N4O. The van der Waals surface area contributed by atoms with Crippen molar-refractivity contribution in [1.82, 2.24) is 9.97 Å². The SMILES string of the molecule is CCCNc1nc(C)cc(N2CCCC(OC)C2)n1. The Balaban J connectivity index is 2.11. The monoisotopic (exact) mass is 264 g/mol. The van der Waals surface area contributed by atoms with Crippen LogP contribution in [0.2, 0.25) is 0 Å². The quantitative estimate of drug-likeness (QED) is 0.883. The van der Waals surface area contributed by atoms with Gasteiger partial charge in [0, 0.05) is 38.5 Å². The van der Waals surface area contributed by atoms with Crippen LogP contribution in [0, 0.1) is 6.92 Å². The maximum absolute atomic E-state index is 5.47. The van der Waals surface area contributed by atoms with E-state index >= 15 is 0 Å². The molecule has 2 rings (SSSR count). The summed E-state index contributed by atoms with van der Waals surface area (Å²) >= 11 is 0. The third kappa shape index (κ3) is 3.80. The van der Waals surface area contributed by atoms with E-state index in [0.29, 0.717) is 6.10 Å². The number of aryl methyl sites for hydroxylation is 1. The second kappa shape index (κ2) is 6.70. The lowest BCUT2D eigenvalue weighted by atomic mass is 10.1. The highest BCUT2D eigenvalue weighted by atomic mass is 16.5. The Hall–Kier alpha value is -1.36. The molecule has 0 saturated carbocycles. The van der Waals surface area contributed by atoms with Crippen LogP contribution in [0.4, 0.5) is 11.8 Å². The van der Waals surface area contributed by atoms with Crippen LogP contribution < -0.4 is 10.2 Å². The number of ether oxygens (including phenoxy) is 1. The van der Waals surface area contributed by atoms with E-state index in [1.807, 2.05) is 6.92 Å². The molecule has 1 saturated heterocycles. The van der Waals surface area contributed by atoms with Gasteiger partial charge in [0.05, 0.1) is 6.10 Å². The Morgan fingerprint density at radius 3 is 3.05 bits per heavy atom. The predicted molar refractivity (Wildman–Crippen MR) is 77.8 cm³/mol. The summed E-state index contributed by atoms with van der Waals surface area (Å²) in [6, 6.07) is 2.05. The first-order valence-electron chi connectivity index (χ1n) is 7.10. The number of methoxy groups -OCH3 is 1. The van der Waals surface area contributed by atoms with Crippen LogP contribution in [0.3, 0.4) is 0 Å². The van der Waals surface area contributed by atoms with Gasteiger partial charge in [0.2, 0.25) is 5.95 Å². The molecule has 1 aromatic heterocycles. The molecule has 0 aromatic carbocycles. The molecule has 5 heteroatoms. The minimum Gasteiger partial charge on any atom is -0.380 e. The number of nitrogens with one attached hydrogen (secondary N) is 1. The van der Waals surface area contributed by atoms with Crippen molar-refractivity contribution in [2.24, 2.45) is 0 Å². The summed E-state index contributed by atoms with van der Waals surface area (Å²) in [6.07, 6.45) is 3.68. The minimum absolute atomic E-state index is 0.316. The fourth-order valence-corrected chi connectivity index (χ4v) is 2.37. The average molecular weight is 264 g/mol. The molecule has 2 heterocycles. The van der Waals surface area contributed by atoms with E-state index in [1.54, 1.807) is 7.11 Å². The molecule has 0 amide bonds. The number of hydrogen-bond acceptors (Lipinski definition) is 5. The van der Waals surface area contributed by atoms with Gasteiger partial charge in [-0.1, -0.05) is 6.92 Å². The standard InChI is InChI=1S/C14H24N4O/c1-4-7-15-14-16-11(2)9-13(17-14)18-8-5-6-12(10-18)19-3/h9,12H,4-8,10H2,1-3H3,(H,15,16,17). The van der Waals surface area contributed by atoms with Gasteiger partial charge in [0.15, 0.2) is 0 Å². The highest BCUT2D eigenvalue weighted by molar-refractivity contribution is 5.45. The fourth-order valence-electron chi connectivity index (χ4n) is 2.37. The normalized spacial score (nSPS) is 19.5. The van der Waals surface area contributed by atoms with Gasteiger partial charge >= 0.3 is 0 Å². The Morgan fingerprint density at radius 1 is 1.47 bits per heavy atom. The fraction of sp³-hybridized carbons (Fsp3) is 0.714. The van der Waals surface area contributed by atoms with Crippen molar-refractivity contribution >= 4 is 11.8 Å². The minimum atomic E-state index is 0.316. The number of nitrogens with zero attached hydrogens (tertiary/aromatic N) is 3. The van der Waals surface area contributed by atoms with Crippen molar-refractivity contribution in [1.29, 1.82) is 0 Å². The summed E-state index contributed by atoms with van der Waals surface area (Å²) in [5.74, 6) is 1.74. The van der Waals surface area contributed by atoms with Gasteiger partial charge < -0.3 is 15.0 Å². The van der Waals surface area contributed by atoms with Crippen LogP contribution in [-0.4, -0.2) is 42.8 Å². The van der Waals surface area contributed by atoms with Crippen LogP contribution >= 0.6 is 0 Å². The molecule has 1 unspecified atom stereocenters. The van der Waals surface area contributed by atoms with Crippen molar-refractivity contribution in [2.75, 3.05) is 37.0 Å². The Labute approximate surface area is 115 Å². The summed E-state index contributed by atoms with van der Waals surface area (Å²) in [5, 5.41) is 3.26. The second-order valence-corrected chi connectivity index (χ2v) is 5.06. The van der Waals surface area contributed by atoms with E-state index in [9.17, 15) is 0 Å². The molecule has 0 aliphatic carbocycles. The number of rotatable bonds is 5. The Bertz CT molecular complexity index is 410. The van der Waals surface area contributed by atoms with Gasteiger partial charge in [0.25, 0.3) is 0 Å². The van der Waals surface area contributed by atoms with Crippen LogP contribution in [0.5, 0.6) is 0 Å². The Morgan fingerprint density at radius 2 is 2.32 bits per heavy atom. The average Bonchev–Trinajstić information content (AvgIpc) is 2.44. The summed E-state index contributed by atoms with van der Waals surface area (Å²) in [4.78, 5) is 11.3. The third-order valence-corrected chi connectivity index (χ3v) is 3.41. The third-order valence-electron chi connectivity index (χ3n) is 3.41. The molecule has 1 aliphatic heterocycles. The van der Waals surface area contributed by atoms with Crippen LogP contribution in [0.1, 0.15) is 31.9 Å². The molecule has 1 fully saturated rings. The van der Waals surface area contributed by atoms with E-state index in [2.05, 4.69) is 33.2 Å². The lowest BCUT2D eigenvalue weighted by Gasteiger charge is -2.33. The van der Waals surface area contributed by atoms with E-state index in [1.165, 1.54) is 0 Å². The predicted octanol–water partition coefficient (Wildman–Crippen LogP) is 2.22. The summed E-state index contributed by atoms with van der Waals surface area (Å²) < 4.78 is 5.47. The molecular weight excluding hydrogens is 240 g/mol. The zero-order valence-electron chi connectivity index (χ0n) is 12.1. The smallest absolute Gasteiger partial charge is 0.224 e. The number of anilines is 2. The Kier molecular flexibility index (Phi) is 4.96. The van der Waals surface area contributed by atoms with E-state index in [0.717, 1.165) is 56.4 Å². The molecule has 0 bridgehead atoms. The summed E-state index contributed by atoms with van der Waals surface area (Å²) in [7, 11) is 1.79. The summed E-state index contributed by atoms with van der Waals surface area (Å²) in [5.41, 5.74) is 1.00. The lowest BCUT2D eigenvalue weighted by Crippen LogP contribution is -2.39. The largest absolute Gasteiger partial charge is 0.380 e. The molecule has 1 atom stereocenters. The first-order valence-corrected chi connectivity index (χ1v) is 7.10.